The number of aryl methyl sites for hydroxylation is 2. The molecular formula is C16H19N3O3. The Labute approximate surface area is 128 Å². The van der Waals surface area contributed by atoms with Crippen molar-refractivity contribution in [3.05, 3.63) is 29.6 Å². The maximum Gasteiger partial charge on any atom is 0.326 e. The lowest BCUT2D eigenvalue weighted by atomic mass is 10.2. The molecule has 1 aromatic heterocycles. The summed E-state index contributed by atoms with van der Waals surface area (Å²) in [6.07, 6.45) is 2.08. The Balaban J connectivity index is 1.67. The van der Waals surface area contributed by atoms with E-state index < -0.39 is 12.0 Å². The van der Waals surface area contributed by atoms with Gasteiger partial charge in [0, 0.05) is 19.4 Å². The number of hydrogen-bond donors (Lipinski definition) is 2. The van der Waals surface area contributed by atoms with Crippen LogP contribution in [0.2, 0.25) is 0 Å². The Kier molecular flexibility index (Phi) is 3.83. The first kappa shape index (κ1) is 14.6. The second-order valence-corrected chi connectivity index (χ2v) is 5.74. The molecule has 6 nitrogen and oxygen atoms in total. The second kappa shape index (κ2) is 5.79. The topological polar surface area (TPSA) is 86.3 Å². The lowest BCUT2D eigenvalue weighted by Crippen LogP contribution is -2.40. The predicted octanol–water partition coefficient (Wildman–Crippen LogP) is 1.88. The fourth-order valence-corrected chi connectivity index (χ4v) is 3.04. The molecule has 1 aromatic carbocycles. The number of rotatable bonds is 4. The van der Waals surface area contributed by atoms with E-state index in [0.717, 1.165) is 28.8 Å². The number of amides is 1. The van der Waals surface area contributed by atoms with Crippen LogP contribution < -0.4 is 0 Å². The third-order valence-electron chi connectivity index (χ3n) is 4.20. The zero-order valence-corrected chi connectivity index (χ0v) is 12.5. The van der Waals surface area contributed by atoms with Gasteiger partial charge in [-0.05, 0) is 31.4 Å². The van der Waals surface area contributed by atoms with Gasteiger partial charge in [-0.15, -0.1) is 0 Å². The number of hydrogen-bond acceptors (Lipinski definition) is 3. The van der Waals surface area contributed by atoms with E-state index in [-0.39, 0.29) is 12.3 Å². The summed E-state index contributed by atoms with van der Waals surface area (Å²) in [5.74, 6) is -0.254. The van der Waals surface area contributed by atoms with E-state index in [4.69, 9.17) is 5.11 Å². The predicted molar refractivity (Wildman–Crippen MR) is 81.5 cm³/mol. The van der Waals surface area contributed by atoms with Crippen molar-refractivity contribution in [2.75, 3.05) is 6.54 Å². The van der Waals surface area contributed by atoms with Crippen molar-refractivity contribution < 1.29 is 14.7 Å². The fraction of sp³-hybridized carbons (Fsp3) is 0.438. The fourth-order valence-electron chi connectivity index (χ4n) is 3.04. The number of imidazole rings is 1. The van der Waals surface area contributed by atoms with Gasteiger partial charge in [0.2, 0.25) is 5.91 Å². The Morgan fingerprint density at radius 1 is 1.45 bits per heavy atom. The van der Waals surface area contributed by atoms with Gasteiger partial charge in [0.1, 0.15) is 11.9 Å². The van der Waals surface area contributed by atoms with Gasteiger partial charge in [0.25, 0.3) is 0 Å². The average Bonchev–Trinajstić information content (AvgIpc) is 3.12. The Bertz CT molecular complexity index is 722. The third-order valence-corrected chi connectivity index (χ3v) is 4.20. The van der Waals surface area contributed by atoms with Crippen LogP contribution in [0.5, 0.6) is 0 Å². The molecule has 0 aliphatic carbocycles. The minimum absolute atomic E-state index is 0.109. The molecule has 0 bridgehead atoms. The number of nitrogens with zero attached hydrogens (tertiary/aromatic N) is 2. The minimum atomic E-state index is -0.912. The molecule has 2 N–H and O–H groups in total. The lowest BCUT2D eigenvalue weighted by Gasteiger charge is -2.21. The van der Waals surface area contributed by atoms with Crippen LogP contribution in [0, 0.1) is 6.92 Å². The molecule has 2 aromatic rings. The second-order valence-electron chi connectivity index (χ2n) is 5.74. The number of carbonyl (C=O) groups is 2. The van der Waals surface area contributed by atoms with Crippen LogP contribution in [0.25, 0.3) is 11.0 Å². The largest absolute Gasteiger partial charge is 0.480 e. The van der Waals surface area contributed by atoms with E-state index >= 15 is 0 Å². The van der Waals surface area contributed by atoms with E-state index in [9.17, 15) is 9.59 Å². The lowest BCUT2D eigenvalue weighted by molar-refractivity contribution is -0.148. The number of para-hydroxylation sites is 1. The molecule has 6 heteroatoms. The molecule has 1 atom stereocenters. The van der Waals surface area contributed by atoms with Crippen LogP contribution in [0.4, 0.5) is 0 Å². The monoisotopic (exact) mass is 301 g/mol. The molecule has 1 unspecified atom stereocenters. The van der Waals surface area contributed by atoms with E-state index in [1.165, 1.54) is 4.90 Å². The number of aromatic amines is 1. The van der Waals surface area contributed by atoms with Crippen molar-refractivity contribution in [1.82, 2.24) is 14.9 Å². The quantitative estimate of drug-likeness (QED) is 0.902. The maximum absolute atomic E-state index is 12.2. The number of aromatic nitrogens is 2. The van der Waals surface area contributed by atoms with Crippen LogP contribution in [-0.4, -0.2) is 44.4 Å². The Hall–Kier alpha value is -2.37. The first-order chi connectivity index (χ1) is 10.6. The number of benzene rings is 1. The molecule has 116 valence electrons. The van der Waals surface area contributed by atoms with Crippen LogP contribution in [0.1, 0.15) is 30.7 Å². The smallest absolute Gasteiger partial charge is 0.326 e. The molecule has 1 amide bonds. The van der Waals surface area contributed by atoms with Gasteiger partial charge in [-0.25, -0.2) is 9.78 Å². The summed E-state index contributed by atoms with van der Waals surface area (Å²) < 4.78 is 0. The number of nitrogens with one attached hydrogen (secondary N) is 1. The summed E-state index contributed by atoms with van der Waals surface area (Å²) in [6.45, 7) is 2.54. The third kappa shape index (κ3) is 2.68. The normalized spacial score (nSPS) is 18.0. The highest BCUT2D eigenvalue weighted by atomic mass is 16.4. The van der Waals surface area contributed by atoms with Gasteiger partial charge in [-0.2, -0.15) is 0 Å². The van der Waals surface area contributed by atoms with Crippen LogP contribution in [-0.2, 0) is 16.0 Å². The van der Waals surface area contributed by atoms with E-state index in [0.29, 0.717) is 19.4 Å². The molecule has 1 fully saturated rings. The summed E-state index contributed by atoms with van der Waals surface area (Å²) in [5.41, 5.74) is 2.98. The van der Waals surface area contributed by atoms with Crippen molar-refractivity contribution in [3.8, 4) is 0 Å². The molecule has 1 aliphatic heterocycles. The van der Waals surface area contributed by atoms with E-state index in [1.807, 2.05) is 25.1 Å². The molecule has 0 saturated carbocycles. The minimum Gasteiger partial charge on any atom is -0.480 e. The van der Waals surface area contributed by atoms with Crippen molar-refractivity contribution in [2.45, 2.75) is 38.6 Å². The maximum atomic E-state index is 12.2. The summed E-state index contributed by atoms with van der Waals surface area (Å²) in [4.78, 5) is 32.6. The van der Waals surface area contributed by atoms with Crippen molar-refractivity contribution in [1.29, 1.82) is 0 Å². The summed E-state index contributed by atoms with van der Waals surface area (Å²) in [5, 5.41) is 9.13. The molecule has 2 heterocycles. The van der Waals surface area contributed by atoms with Crippen LogP contribution in [0.3, 0.4) is 0 Å². The van der Waals surface area contributed by atoms with Crippen molar-refractivity contribution >= 4 is 22.9 Å². The Morgan fingerprint density at radius 3 is 3.00 bits per heavy atom. The first-order valence-corrected chi connectivity index (χ1v) is 7.53. The number of carboxylic acids is 1. The number of carbonyl (C=O) groups excluding carboxylic acids is 1. The SMILES string of the molecule is Cc1cccc2[nH]c(CCC(=O)N3CCCC3C(=O)O)nc12. The highest BCUT2D eigenvalue weighted by Crippen LogP contribution is 2.20. The van der Waals surface area contributed by atoms with Crippen molar-refractivity contribution in [3.63, 3.8) is 0 Å². The molecule has 1 aliphatic rings. The van der Waals surface area contributed by atoms with Gasteiger partial charge in [0.05, 0.1) is 11.0 Å². The van der Waals surface area contributed by atoms with Gasteiger partial charge in [0.15, 0.2) is 0 Å². The molecule has 1 saturated heterocycles. The van der Waals surface area contributed by atoms with Gasteiger partial charge >= 0.3 is 5.97 Å². The number of likely N-dealkylation sites (tertiary alicyclic amines) is 1. The average molecular weight is 301 g/mol. The zero-order valence-electron chi connectivity index (χ0n) is 12.5. The summed E-state index contributed by atoms with van der Waals surface area (Å²) in [6, 6.07) is 5.26. The van der Waals surface area contributed by atoms with E-state index in [2.05, 4.69) is 9.97 Å². The summed E-state index contributed by atoms with van der Waals surface area (Å²) in [7, 11) is 0. The van der Waals surface area contributed by atoms with Crippen LogP contribution in [0.15, 0.2) is 18.2 Å². The molecular weight excluding hydrogens is 282 g/mol. The summed E-state index contributed by atoms with van der Waals surface area (Å²) >= 11 is 0. The molecule has 22 heavy (non-hydrogen) atoms. The zero-order chi connectivity index (χ0) is 15.7. The van der Waals surface area contributed by atoms with Gasteiger partial charge in [-0.1, -0.05) is 12.1 Å². The number of aliphatic carboxylic acids is 1. The van der Waals surface area contributed by atoms with Crippen LogP contribution >= 0.6 is 0 Å². The van der Waals surface area contributed by atoms with Crippen molar-refractivity contribution in [2.24, 2.45) is 0 Å². The number of fused-ring (bicyclic) bond motifs is 1. The van der Waals surface area contributed by atoms with Gasteiger partial charge < -0.3 is 15.0 Å². The van der Waals surface area contributed by atoms with Gasteiger partial charge in [-0.3, -0.25) is 4.79 Å². The highest BCUT2D eigenvalue weighted by molar-refractivity contribution is 5.84. The number of H-pyrrole nitrogens is 1. The highest BCUT2D eigenvalue weighted by Gasteiger charge is 2.33. The standard InChI is InChI=1S/C16H19N3O3/c1-10-4-2-5-11-15(10)18-13(17-11)7-8-14(20)19-9-3-6-12(19)16(21)22/h2,4-5,12H,3,6-9H2,1H3,(H,17,18)(H,21,22). The Morgan fingerprint density at radius 2 is 2.27 bits per heavy atom. The molecule has 0 radical (unpaired) electrons. The molecule has 0 spiro atoms. The first-order valence-electron chi connectivity index (χ1n) is 7.53. The van der Waals surface area contributed by atoms with E-state index in [1.54, 1.807) is 0 Å². The molecule has 3 rings (SSSR count). The number of carboxylic acid groups (broad SMARTS) is 1.